The second kappa shape index (κ2) is 8.39. The number of rotatable bonds is 5. The van der Waals surface area contributed by atoms with Crippen LogP contribution in [0.1, 0.15) is 19.8 Å². The summed E-state index contributed by atoms with van der Waals surface area (Å²) < 4.78 is 21.4. The summed E-state index contributed by atoms with van der Waals surface area (Å²) in [4.78, 5) is 17.0. The molecule has 0 radical (unpaired) electrons. The third kappa shape index (κ3) is 4.21. The van der Waals surface area contributed by atoms with E-state index in [4.69, 9.17) is 16.3 Å². The minimum absolute atomic E-state index is 0.0297. The van der Waals surface area contributed by atoms with Crippen molar-refractivity contribution in [1.29, 1.82) is 0 Å². The standard InChI is InChI=1S/C21H19ClFN3O2S/c1-2-3-8-26-18(13-4-7-19-17(9-13)25-20(27)11-28-19)12-29-21(26)24-14-5-6-15(22)16(23)10-14/h4-7,9-10,12H,2-3,8,11H2,1H3,(H,25,27). The van der Waals surface area contributed by atoms with Crippen LogP contribution in [0, 0.1) is 5.82 Å². The second-order valence-electron chi connectivity index (χ2n) is 6.67. The summed E-state index contributed by atoms with van der Waals surface area (Å²) in [5.74, 6) is -0.000228. The Morgan fingerprint density at radius 3 is 2.97 bits per heavy atom. The predicted molar refractivity (Wildman–Crippen MR) is 113 cm³/mol. The summed E-state index contributed by atoms with van der Waals surface area (Å²) in [7, 11) is 0. The zero-order chi connectivity index (χ0) is 20.4. The average Bonchev–Trinajstić information content (AvgIpc) is 3.11. The minimum Gasteiger partial charge on any atom is -0.482 e. The van der Waals surface area contributed by atoms with Crippen LogP contribution in [-0.4, -0.2) is 17.1 Å². The van der Waals surface area contributed by atoms with Gasteiger partial charge in [-0.15, -0.1) is 11.3 Å². The van der Waals surface area contributed by atoms with Gasteiger partial charge in [-0.2, -0.15) is 0 Å². The first-order valence-corrected chi connectivity index (χ1v) is 10.6. The van der Waals surface area contributed by atoms with Crippen LogP contribution in [0.3, 0.4) is 0 Å². The number of carbonyl (C=O) groups excluding carboxylic acids is 1. The molecule has 0 saturated carbocycles. The number of thiazole rings is 1. The molecule has 1 aromatic heterocycles. The summed E-state index contributed by atoms with van der Waals surface area (Å²) in [6.45, 7) is 2.94. The van der Waals surface area contributed by atoms with Crippen LogP contribution in [0.2, 0.25) is 5.02 Å². The zero-order valence-corrected chi connectivity index (χ0v) is 17.3. The van der Waals surface area contributed by atoms with Crippen LogP contribution in [0.4, 0.5) is 15.8 Å². The number of amides is 1. The molecule has 0 unspecified atom stereocenters. The Morgan fingerprint density at radius 2 is 2.17 bits per heavy atom. The predicted octanol–water partition coefficient (Wildman–Crippen LogP) is 5.37. The smallest absolute Gasteiger partial charge is 0.262 e. The summed E-state index contributed by atoms with van der Waals surface area (Å²) in [6.07, 6.45) is 2.02. The fourth-order valence-electron chi connectivity index (χ4n) is 3.09. The number of aromatic nitrogens is 1. The van der Waals surface area contributed by atoms with Crippen LogP contribution >= 0.6 is 22.9 Å². The number of halogens is 2. The Balaban J connectivity index is 1.78. The summed E-state index contributed by atoms with van der Waals surface area (Å²) in [5, 5.41) is 4.94. The lowest BCUT2D eigenvalue weighted by Crippen LogP contribution is -2.25. The van der Waals surface area contributed by atoms with E-state index in [0.717, 1.165) is 35.4 Å². The molecule has 3 aromatic rings. The van der Waals surface area contributed by atoms with Crippen LogP contribution in [0.5, 0.6) is 5.75 Å². The van der Waals surface area contributed by atoms with Gasteiger partial charge in [-0.25, -0.2) is 9.38 Å². The molecule has 0 aliphatic carbocycles. The van der Waals surface area contributed by atoms with Crippen molar-refractivity contribution >= 4 is 40.2 Å². The molecular weight excluding hydrogens is 413 g/mol. The van der Waals surface area contributed by atoms with Crippen LogP contribution < -0.4 is 14.9 Å². The highest BCUT2D eigenvalue weighted by molar-refractivity contribution is 7.07. The second-order valence-corrected chi connectivity index (χ2v) is 7.91. The van der Waals surface area contributed by atoms with E-state index in [2.05, 4.69) is 21.8 Å². The van der Waals surface area contributed by atoms with Crippen molar-refractivity contribution in [3.05, 3.63) is 57.4 Å². The molecule has 8 heteroatoms. The first kappa shape index (κ1) is 19.7. The number of fused-ring (bicyclic) bond motifs is 1. The van der Waals surface area contributed by atoms with Crippen LogP contribution in [-0.2, 0) is 11.3 Å². The maximum atomic E-state index is 13.8. The molecule has 4 rings (SSSR count). The molecule has 5 nitrogen and oxygen atoms in total. The molecule has 0 fully saturated rings. The first-order chi connectivity index (χ1) is 14.0. The molecule has 0 saturated heterocycles. The molecule has 150 valence electrons. The topological polar surface area (TPSA) is 55.6 Å². The van der Waals surface area contributed by atoms with Gasteiger partial charge in [-0.3, -0.25) is 4.79 Å². The van der Waals surface area contributed by atoms with E-state index in [0.29, 0.717) is 17.1 Å². The van der Waals surface area contributed by atoms with Gasteiger partial charge in [0.05, 0.1) is 22.1 Å². The Bertz CT molecular complexity index is 1140. The quantitative estimate of drug-likeness (QED) is 0.590. The normalized spacial score (nSPS) is 13.8. The van der Waals surface area contributed by atoms with Crippen molar-refractivity contribution in [1.82, 2.24) is 4.57 Å². The van der Waals surface area contributed by atoms with Gasteiger partial charge >= 0.3 is 0 Å². The van der Waals surface area contributed by atoms with E-state index >= 15 is 0 Å². The largest absolute Gasteiger partial charge is 0.482 e. The Hall–Kier alpha value is -2.64. The van der Waals surface area contributed by atoms with Crippen molar-refractivity contribution in [2.45, 2.75) is 26.3 Å². The molecule has 2 heterocycles. The van der Waals surface area contributed by atoms with Crippen LogP contribution in [0.25, 0.3) is 11.3 Å². The lowest BCUT2D eigenvalue weighted by Gasteiger charge is -2.19. The number of hydrogen-bond donors (Lipinski definition) is 1. The number of hydrogen-bond acceptors (Lipinski definition) is 4. The number of nitrogens with zero attached hydrogens (tertiary/aromatic N) is 2. The highest BCUT2D eigenvalue weighted by atomic mass is 35.5. The summed E-state index contributed by atoms with van der Waals surface area (Å²) >= 11 is 7.26. The maximum absolute atomic E-state index is 13.8. The molecule has 1 N–H and O–H groups in total. The molecule has 1 aliphatic heterocycles. The van der Waals surface area contributed by atoms with E-state index in [1.165, 1.54) is 23.5 Å². The summed E-state index contributed by atoms with van der Waals surface area (Å²) in [5.41, 5.74) is 3.10. The van der Waals surface area contributed by atoms with Gasteiger partial charge in [0.15, 0.2) is 11.4 Å². The van der Waals surface area contributed by atoms with Crippen LogP contribution in [0.15, 0.2) is 46.8 Å². The van der Waals surface area contributed by atoms with E-state index in [9.17, 15) is 9.18 Å². The zero-order valence-electron chi connectivity index (χ0n) is 15.7. The van der Waals surface area contributed by atoms with E-state index in [1.807, 2.05) is 23.6 Å². The number of unbranched alkanes of at least 4 members (excludes halogenated alkanes) is 1. The SMILES string of the molecule is CCCCn1c(-c2ccc3c(c2)NC(=O)CO3)csc1=Nc1ccc(Cl)c(F)c1. The molecule has 0 atom stereocenters. The molecule has 2 aromatic carbocycles. The van der Waals surface area contributed by atoms with Gasteiger partial charge in [0.2, 0.25) is 0 Å². The van der Waals surface area contributed by atoms with Crippen molar-refractivity contribution in [2.75, 3.05) is 11.9 Å². The number of nitrogens with one attached hydrogen (secondary N) is 1. The Kier molecular flexibility index (Phi) is 5.69. The fourth-order valence-corrected chi connectivity index (χ4v) is 4.16. The Morgan fingerprint density at radius 1 is 1.31 bits per heavy atom. The summed E-state index contributed by atoms with van der Waals surface area (Å²) in [6, 6.07) is 10.3. The third-order valence-electron chi connectivity index (χ3n) is 4.57. The van der Waals surface area contributed by atoms with Gasteiger partial charge in [-0.05, 0) is 36.8 Å². The molecule has 0 spiro atoms. The maximum Gasteiger partial charge on any atom is 0.262 e. The lowest BCUT2D eigenvalue weighted by molar-refractivity contribution is -0.118. The van der Waals surface area contributed by atoms with E-state index < -0.39 is 5.82 Å². The van der Waals surface area contributed by atoms with E-state index in [-0.39, 0.29) is 17.5 Å². The Labute approximate surface area is 176 Å². The molecular formula is C21H19ClFN3O2S. The number of carbonyl (C=O) groups is 1. The minimum atomic E-state index is -0.491. The third-order valence-corrected chi connectivity index (χ3v) is 5.74. The van der Waals surface area contributed by atoms with Crippen molar-refractivity contribution in [3.8, 4) is 17.0 Å². The van der Waals surface area contributed by atoms with Gasteiger partial charge < -0.3 is 14.6 Å². The van der Waals surface area contributed by atoms with Gasteiger partial charge in [-0.1, -0.05) is 24.9 Å². The van der Waals surface area contributed by atoms with E-state index in [1.54, 1.807) is 6.07 Å². The highest BCUT2D eigenvalue weighted by Crippen LogP contribution is 2.33. The number of anilines is 1. The van der Waals surface area contributed by atoms with Gasteiger partial charge in [0.25, 0.3) is 5.91 Å². The van der Waals surface area contributed by atoms with Crippen molar-refractivity contribution in [2.24, 2.45) is 4.99 Å². The number of ether oxygens (including phenoxy) is 1. The molecule has 1 amide bonds. The molecule has 1 aliphatic rings. The van der Waals surface area contributed by atoms with Gasteiger partial charge in [0, 0.05) is 23.6 Å². The molecule has 0 bridgehead atoms. The molecule has 29 heavy (non-hydrogen) atoms. The van der Waals surface area contributed by atoms with Crippen molar-refractivity contribution in [3.63, 3.8) is 0 Å². The lowest BCUT2D eigenvalue weighted by atomic mass is 10.1. The monoisotopic (exact) mass is 431 g/mol. The number of benzene rings is 2. The van der Waals surface area contributed by atoms with Gasteiger partial charge in [0.1, 0.15) is 11.6 Å². The first-order valence-electron chi connectivity index (χ1n) is 9.30. The fraction of sp³-hybridized carbons (Fsp3) is 0.238. The van der Waals surface area contributed by atoms with Crippen molar-refractivity contribution < 1.29 is 13.9 Å². The average molecular weight is 432 g/mol. The highest BCUT2D eigenvalue weighted by Gasteiger charge is 2.17.